The second-order valence-electron chi connectivity index (χ2n) is 4.96. The van der Waals surface area contributed by atoms with Gasteiger partial charge in [-0.2, -0.15) is 0 Å². The summed E-state index contributed by atoms with van der Waals surface area (Å²) in [5, 5.41) is 3.56. The normalized spacial score (nSPS) is 12.1. The summed E-state index contributed by atoms with van der Waals surface area (Å²) in [5.41, 5.74) is 2.08. The topological polar surface area (TPSA) is 47.0 Å². The highest BCUT2D eigenvalue weighted by Crippen LogP contribution is 2.25. The van der Waals surface area contributed by atoms with E-state index in [0.29, 0.717) is 0 Å². The lowest BCUT2D eigenvalue weighted by atomic mass is 10.0. The van der Waals surface area contributed by atoms with E-state index < -0.39 is 0 Å². The highest BCUT2D eigenvalue weighted by Gasteiger charge is 2.16. The van der Waals surface area contributed by atoms with E-state index in [-0.39, 0.29) is 6.04 Å². The molecule has 21 heavy (non-hydrogen) atoms. The van der Waals surface area contributed by atoms with E-state index in [1.807, 2.05) is 36.7 Å². The molecule has 0 aliphatic rings. The standard InChI is InChI=1S/C17H23N3O/c1-3-11-19-15(10-9-14-7-4-5-12-18-14)17-16(21-2)8-6-13-20-17/h4-8,12-13,15,19H,3,9-11H2,1-2H3. The van der Waals surface area contributed by atoms with Crippen LogP contribution in [0.3, 0.4) is 0 Å². The zero-order valence-corrected chi connectivity index (χ0v) is 12.7. The first-order valence-electron chi connectivity index (χ1n) is 7.47. The molecule has 0 amide bonds. The van der Waals surface area contributed by atoms with Gasteiger partial charge in [-0.15, -0.1) is 0 Å². The third kappa shape index (κ3) is 4.53. The molecule has 112 valence electrons. The molecule has 0 bridgehead atoms. The zero-order valence-electron chi connectivity index (χ0n) is 12.7. The van der Waals surface area contributed by atoms with E-state index in [9.17, 15) is 0 Å². The van der Waals surface area contributed by atoms with Crippen LogP contribution in [0.15, 0.2) is 42.7 Å². The van der Waals surface area contributed by atoms with Crippen LogP contribution in [0.4, 0.5) is 0 Å². The summed E-state index contributed by atoms with van der Waals surface area (Å²) in [6, 6.07) is 10.1. The number of nitrogens with zero attached hydrogens (tertiary/aromatic N) is 2. The fourth-order valence-electron chi connectivity index (χ4n) is 2.33. The Bertz CT molecular complexity index is 531. The van der Waals surface area contributed by atoms with E-state index in [0.717, 1.165) is 42.9 Å². The van der Waals surface area contributed by atoms with E-state index in [1.165, 1.54) is 0 Å². The van der Waals surface area contributed by atoms with E-state index in [2.05, 4.69) is 28.3 Å². The van der Waals surface area contributed by atoms with Gasteiger partial charge >= 0.3 is 0 Å². The summed E-state index contributed by atoms with van der Waals surface area (Å²) in [5.74, 6) is 0.840. The number of hydrogen-bond donors (Lipinski definition) is 1. The number of methoxy groups -OCH3 is 1. The van der Waals surface area contributed by atoms with E-state index >= 15 is 0 Å². The molecule has 0 saturated carbocycles. The summed E-state index contributed by atoms with van der Waals surface area (Å²) in [6.45, 7) is 3.13. The third-order valence-electron chi connectivity index (χ3n) is 3.41. The van der Waals surface area contributed by atoms with Crippen LogP contribution in [0, 0.1) is 0 Å². The number of rotatable bonds is 8. The van der Waals surface area contributed by atoms with Crippen molar-refractivity contribution in [2.75, 3.05) is 13.7 Å². The van der Waals surface area contributed by atoms with E-state index in [4.69, 9.17) is 4.74 Å². The monoisotopic (exact) mass is 285 g/mol. The van der Waals surface area contributed by atoms with Gasteiger partial charge in [-0.3, -0.25) is 9.97 Å². The Morgan fingerprint density at radius 3 is 2.71 bits per heavy atom. The van der Waals surface area contributed by atoms with Crippen LogP contribution in [0.25, 0.3) is 0 Å². The number of aryl methyl sites for hydroxylation is 1. The van der Waals surface area contributed by atoms with Gasteiger partial charge in [0.15, 0.2) is 0 Å². The minimum absolute atomic E-state index is 0.183. The molecule has 0 fully saturated rings. The lowest BCUT2D eigenvalue weighted by molar-refractivity contribution is 0.388. The summed E-state index contributed by atoms with van der Waals surface area (Å²) in [4.78, 5) is 8.89. The van der Waals surface area contributed by atoms with Crippen molar-refractivity contribution in [1.82, 2.24) is 15.3 Å². The predicted octanol–water partition coefficient (Wildman–Crippen LogP) is 3.16. The van der Waals surface area contributed by atoms with Crippen LogP contribution < -0.4 is 10.1 Å². The SMILES string of the molecule is CCCNC(CCc1ccccn1)c1ncccc1OC. The first kappa shape index (κ1) is 15.4. The molecule has 1 unspecified atom stereocenters. The average molecular weight is 285 g/mol. The Hall–Kier alpha value is -1.94. The smallest absolute Gasteiger partial charge is 0.141 e. The molecular formula is C17H23N3O. The highest BCUT2D eigenvalue weighted by atomic mass is 16.5. The summed E-state index contributed by atoms with van der Waals surface area (Å²) in [7, 11) is 1.69. The van der Waals surface area contributed by atoms with Gasteiger partial charge in [-0.25, -0.2) is 0 Å². The fraction of sp³-hybridized carbons (Fsp3) is 0.412. The van der Waals surface area contributed by atoms with Crippen molar-refractivity contribution in [3.63, 3.8) is 0 Å². The molecule has 1 atom stereocenters. The minimum Gasteiger partial charge on any atom is -0.495 e. The molecule has 0 aromatic carbocycles. The molecule has 2 aromatic rings. The van der Waals surface area contributed by atoms with Crippen LogP contribution in [-0.4, -0.2) is 23.6 Å². The maximum Gasteiger partial charge on any atom is 0.141 e. The Kier molecular flexibility index (Phi) is 6.16. The van der Waals surface area contributed by atoms with Gasteiger partial charge in [0.05, 0.1) is 18.8 Å². The lowest BCUT2D eigenvalue weighted by Gasteiger charge is -2.20. The zero-order chi connectivity index (χ0) is 14.9. The second kappa shape index (κ2) is 8.37. The molecule has 0 saturated heterocycles. The molecule has 0 radical (unpaired) electrons. The molecular weight excluding hydrogens is 262 g/mol. The van der Waals surface area contributed by atoms with E-state index in [1.54, 1.807) is 7.11 Å². The maximum atomic E-state index is 5.44. The Morgan fingerprint density at radius 2 is 2.00 bits per heavy atom. The maximum absolute atomic E-state index is 5.44. The number of ether oxygens (including phenoxy) is 1. The van der Waals surface area contributed by atoms with Crippen molar-refractivity contribution < 1.29 is 4.74 Å². The molecule has 2 aromatic heterocycles. The Labute approximate surface area is 126 Å². The first-order valence-corrected chi connectivity index (χ1v) is 7.47. The van der Waals surface area contributed by atoms with Gasteiger partial charge in [-0.1, -0.05) is 13.0 Å². The Balaban J connectivity index is 2.10. The number of pyridine rings is 2. The van der Waals surface area contributed by atoms with Crippen LogP contribution in [0.5, 0.6) is 5.75 Å². The molecule has 0 aliphatic heterocycles. The highest BCUT2D eigenvalue weighted by molar-refractivity contribution is 5.29. The molecule has 2 heterocycles. The largest absolute Gasteiger partial charge is 0.495 e. The molecule has 1 N–H and O–H groups in total. The van der Waals surface area contributed by atoms with Crippen molar-refractivity contribution in [3.8, 4) is 5.75 Å². The van der Waals surface area contributed by atoms with Gasteiger partial charge in [0.25, 0.3) is 0 Å². The van der Waals surface area contributed by atoms with Gasteiger partial charge in [0.2, 0.25) is 0 Å². The molecule has 4 heteroatoms. The summed E-state index contributed by atoms with van der Waals surface area (Å²) in [6.07, 6.45) is 6.62. The number of nitrogens with one attached hydrogen (secondary N) is 1. The second-order valence-corrected chi connectivity index (χ2v) is 4.96. The fourth-order valence-corrected chi connectivity index (χ4v) is 2.33. The number of aromatic nitrogens is 2. The first-order chi connectivity index (χ1) is 10.3. The van der Waals surface area contributed by atoms with Crippen molar-refractivity contribution >= 4 is 0 Å². The van der Waals surface area contributed by atoms with Gasteiger partial charge in [-0.05, 0) is 50.1 Å². The predicted molar refractivity (Wildman–Crippen MR) is 84.4 cm³/mol. The van der Waals surface area contributed by atoms with Crippen LogP contribution in [0.1, 0.15) is 37.2 Å². The van der Waals surface area contributed by atoms with Gasteiger partial charge in [0, 0.05) is 18.1 Å². The van der Waals surface area contributed by atoms with Crippen LogP contribution in [0.2, 0.25) is 0 Å². The molecule has 2 rings (SSSR count). The average Bonchev–Trinajstić information content (AvgIpc) is 2.56. The van der Waals surface area contributed by atoms with Crippen molar-refractivity contribution in [1.29, 1.82) is 0 Å². The summed E-state index contributed by atoms with van der Waals surface area (Å²) < 4.78 is 5.44. The summed E-state index contributed by atoms with van der Waals surface area (Å²) >= 11 is 0. The van der Waals surface area contributed by atoms with Gasteiger partial charge < -0.3 is 10.1 Å². The van der Waals surface area contributed by atoms with Crippen molar-refractivity contribution in [2.45, 2.75) is 32.2 Å². The third-order valence-corrected chi connectivity index (χ3v) is 3.41. The van der Waals surface area contributed by atoms with Gasteiger partial charge in [0.1, 0.15) is 5.75 Å². The molecule has 0 spiro atoms. The Morgan fingerprint density at radius 1 is 1.14 bits per heavy atom. The van der Waals surface area contributed by atoms with Crippen LogP contribution >= 0.6 is 0 Å². The van der Waals surface area contributed by atoms with Crippen molar-refractivity contribution in [3.05, 3.63) is 54.1 Å². The van der Waals surface area contributed by atoms with Crippen LogP contribution in [-0.2, 0) is 6.42 Å². The van der Waals surface area contributed by atoms with Crippen molar-refractivity contribution in [2.24, 2.45) is 0 Å². The minimum atomic E-state index is 0.183. The quantitative estimate of drug-likeness (QED) is 0.809. The molecule has 0 aliphatic carbocycles. The number of hydrogen-bond acceptors (Lipinski definition) is 4. The lowest BCUT2D eigenvalue weighted by Crippen LogP contribution is -2.24. The molecule has 4 nitrogen and oxygen atoms in total.